The Morgan fingerprint density at radius 1 is 1.40 bits per heavy atom. The molecule has 0 radical (unpaired) electrons. The molecular formula is C12H17N3. The Labute approximate surface area is 91.1 Å². The van der Waals surface area contributed by atoms with Gasteiger partial charge in [-0.3, -0.25) is 0 Å². The van der Waals surface area contributed by atoms with Crippen LogP contribution >= 0.6 is 0 Å². The van der Waals surface area contributed by atoms with Gasteiger partial charge in [0.15, 0.2) is 0 Å². The van der Waals surface area contributed by atoms with E-state index in [1.807, 2.05) is 12.1 Å². The number of hydrogen-bond acceptors (Lipinski definition) is 3. The van der Waals surface area contributed by atoms with Gasteiger partial charge >= 0.3 is 0 Å². The molecule has 0 saturated heterocycles. The van der Waals surface area contributed by atoms with Gasteiger partial charge in [0.2, 0.25) is 0 Å². The Morgan fingerprint density at radius 3 is 3.00 bits per heavy atom. The Hall–Kier alpha value is -1.56. The Bertz CT molecular complexity index is 328. The van der Waals surface area contributed by atoms with Crippen LogP contribution in [-0.2, 0) is 0 Å². The summed E-state index contributed by atoms with van der Waals surface area (Å²) in [7, 11) is 0. The zero-order valence-electron chi connectivity index (χ0n) is 9.16. The van der Waals surface area contributed by atoms with Crippen molar-refractivity contribution in [1.29, 1.82) is 5.26 Å². The van der Waals surface area contributed by atoms with Gasteiger partial charge in [0, 0.05) is 18.4 Å². The first kappa shape index (κ1) is 11.5. The monoisotopic (exact) mass is 203 g/mol. The highest BCUT2D eigenvalue weighted by molar-refractivity contribution is 5.45. The predicted octanol–water partition coefficient (Wildman–Crippen LogP) is 2.95. The molecule has 1 N–H and O–H groups in total. The fourth-order valence-electron chi connectivity index (χ4n) is 1.39. The molecule has 3 heteroatoms. The molecule has 1 rings (SSSR count). The normalized spacial score (nSPS) is 9.60. The highest BCUT2D eigenvalue weighted by Crippen LogP contribution is 2.07. The van der Waals surface area contributed by atoms with E-state index in [1.54, 1.807) is 12.3 Å². The van der Waals surface area contributed by atoms with Gasteiger partial charge in [-0.05, 0) is 18.6 Å². The van der Waals surface area contributed by atoms with E-state index in [-0.39, 0.29) is 0 Å². The van der Waals surface area contributed by atoms with Crippen molar-refractivity contribution in [2.24, 2.45) is 0 Å². The lowest BCUT2D eigenvalue weighted by Gasteiger charge is -2.05. The molecule has 0 aromatic carbocycles. The fraction of sp³-hybridized carbons (Fsp3) is 0.500. The molecule has 80 valence electrons. The van der Waals surface area contributed by atoms with Crippen LogP contribution in [-0.4, -0.2) is 11.5 Å². The lowest BCUT2D eigenvalue weighted by atomic mass is 10.2. The van der Waals surface area contributed by atoms with Crippen LogP contribution in [0.5, 0.6) is 0 Å². The molecule has 1 heterocycles. The van der Waals surface area contributed by atoms with Crippen LogP contribution in [0.4, 0.5) is 5.69 Å². The molecule has 0 spiro atoms. The van der Waals surface area contributed by atoms with Crippen molar-refractivity contribution in [3.63, 3.8) is 0 Å². The largest absolute Gasteiger partial charge is 0.385 e. The van der Waals surface area contributed by atoms with Crippen LogP contribution < -0.4 is 5.32 Å². The topological polar surface area (TPSA) is 48.7 Å². The van der Waals surface area contributed by atoms with Crippen molar-refractivity contribution >= 4 is 5.69 Å². The summed E-state index contributed by atoms with van der Waals surface area (Å²) in [6, 6.07) is 5.69. The molecule has 1 aromatic heterocycles. The van der Waals surface area contributed by atoms with Crippen molar-refractivity contribution in [1.82, 2.24) is 4.98 Å². The molecule has 0 aliphatic rings. The van der Waals surface area contributed by atoms with Crippen LogP contribution in [0, 0.1) is 11.3 Å². The van der Waals surface area contributed by atoms with Crippen LogP contribution in [0.2, 0.25) is 0 Å². The first-order chi connectivity index (χ1) is 7.36. The first-order valence-electron chi connectivity index (χ1n) is 5.47. The maximum absolute atomic E-state index is 8.66. The van der Waals surface area contributed by atoms with Gasteiger partial charge in [-0.1, -0.05) is 26.2 Å². The summed E-state index contributed by atoms with van der Waals surface area (Å²) in [6.45, 7) is 3.17. The van der Waals surface area contributed by atoms with Gasteiger partial charge in [0.05, 0.1) is 0 Å². The lowest BCUT2D eigenvalue weighted by Crippen LogP contribution is -2.01. The van der Waals surface area contributed by atoms with Crippen LogP contribution in [0.15, 0.2) is 18.3 Å². The van der Waals surface area contributed by atoms with Crippen molar-refractivity contribution in [2.45, 2.75) is 32.6 Å². The summed E-state index contributed by atoms with van der Waals surface area (Å²) in [5.41, 5.74) is 1.45. The molecule has 3 nitrogen and oxygen atoms in total. The van der Waals surface area contributed by atoms with Gasteiger partial charge in [0.1, 0.15) is 11.8 Å². The lowest BCUT2D eigenvalue weighted by molar-refractivity contribution is 0.685. The molecule has 0 atom stereocenters. The second-order valence-electron chi connectivity index (χ2n) is 3.53. The molecule has 0 saturated carbocycles. The highest BCUT2D eigenvalue weighted by atomic mass is 14.9. The zero-order valence-corrected chi connectivity index (χ0v) is 9.16. The van der Waals surface area contributed by atoms with Crippen molar-refractivity contribution in [2.75, 3.05) is 11.9 Å². The molecular weight excluding hydrogens is 186 g/mol. The third-order valence-electron chi connectivity index (χ3n) is 2.23. The molecule has 1 aromatic rings. The van der Waals surface area contributed by atoms with E-state index >= 15 is 0 Å². The SMILES string of the molecule is CCCCCCNc1ccnc(C#N)c1. The number of hydrogen-bond donors (Lipinski definition) is 1. The second-order valence-corrected chi connectivity index (χ2v) is 3.53. The summed E-state index contributed by atoms with van der Waals surface area (Å²) >= 11 is 0. The van der Waals surface area contributed by atoms with Crippen molar-refractivity contribution in [3.8, 4) is 6.07 Å². The zero-order chi connectivity index (χ0) is 10.9. The average Bonchev–Trinajstić information content (AvgIpc) is 2.29. The Kier molecular flexibility index (Phi) is 5.24. The number of pyridine rings is 1. The minimum atomic E-state index is 0.466. The van der Waals surface area contributed by atoms with Gasteiger partial charge in [-0.15, -0.1) is 0 Å². The van der Waals surface area contributed by atoms with Crippen LogP contribution in [0.25, 0.3) is 0 Å². The number of nitriles is 1. The molecule has 0 unspecified atom stereocenters. The Balaban J connectivity index is 2.28. The summed E-state index contributed by atoms with van der Waals surface area (Å²) in [4.78, 5) is 3.91. The maximum atomic E-state index is 8.66. The van der Waals surface area contributed by atoms with Gasteiger partial charge in [0.25, 0.3) is 0 Å². The van der Waals surface area contributed by atoms with Crippen LogP contribution in [0.1, 0.15) is 38.3 Å². The van der Waals surface area contributed by atoms with Crippen LogP contribution in [0.3, 0.4) is 0 Å². The van der Waals surface area contributed by atoms with E-state index in [9.17, 15) is 0 Å². The molecule has 15 heavy (non-hydrogen) atoms. The molecule has 0 bridgehead atoms. The first-order valence-corrected chi connectivity index (χ1v) is 5.47. The third-order valence-corrected chi connectivity index (χ3v) is 2.23. The summed E-state index contributed by atoms with van der Waals surface area (Å²) in [5, 5.41) is 12.0. The van der Waals surface area contributed by atoms with Crippen molar-refractivity contribution < 1.29 is 0 Å². The van der Waals surface area contributed by atoms with E-state index in [1.165, 1.54) is 25.7 Å². The third kappa shape index (κ3) is 4.46. The summed E-state index contributed by atoms with van der Waals surface area (Å²) in [5.74, 6) is 0. The quantitative estimate of drug-likeness (QED) is 0.723. The average molecular weight is 203 g/mol. The van der Waals surface area contributed by atoms with E-state index in [0.29, 0.717) is 5.69 Å². The van der Waals surface area contributed by atoms with Gasteiger partial charge in [-0.2, -0.15) is 5.26 Å². The molecule has 0 fully saturated rings. The van der Waals surface area contributed by atoms with Gasteiger partial charge < -0.3 is 5.32 Å². The smallest absolute Gasteiger partial charge is 0.142 e. The number of nitrogens with zero attached hydrogens (tertiary/aromatic N) is 2. The minimum absolute atomic E-state index is 0.466. The van der Waals surface area contributed by atoms with E-state index in [0.717, 1.165) is 12.2 Å². The fourth-order valence-corrected chi connectivity index (χ4v) is 1.39. The summed E-state index contributed by atoms with van der Waals surface area (Å²) < 4.78 is 0. The molecule has 0 aliphatic heterocycles. The van der Waals surface area contributed by atoms with Crippen molar-refractivity contribution in [3.05, 3.63) is 24.0 Å². The number of nitrogens with one attached hydrogen (secondary N) is 1. The Morgan fingerprint density at radius 2 is 2.27 bits per heavy atom. The number of anilines is 1. The maximum Gasteiger partial charge on any atom is 0.142 e. The number of aromatic nitrogens is 1. The number of rotatable bonds is 6. The summed E-state index contributed by atoms with van der Waals surface area (Å²) in [6.07, 6.45) is 6.65. The minimum Gasteiger partial charge on any atom is -0.385 e. The van der Waals surface area contributed by atoms with Gasteiger partial charge in [-0.25, -0.2) is 4.98 Å². The van der Waals surface area contributed by atoms with E-state index in [4.69, 9.17) is 5.26 Å². The predicted molar refractivity (Wildman–Crippen MR) is 61.6 cm³/mol. The highest BCUT2D eigenvalue weighted by Gasteiger charge is 1.94. The number of unbranched alkanes of at least 4 members (excludes halogenated alkanes) is 3. The second kappa shape index (κ2) is 6.83. The van der Waals surface area contributed by atoms with E-state index < -0.39 is 0 Å². The standard InChI is InChI=1S/C12H17N3/c1-2-3-4-5-7-14-11-6-8-15-12(9-11)10-13/h6,8-9H,2-5,7H2,1H3,(H,14,15). The molecule has 0 aliphatic carbocycles. The van der Waals surface area contributed by atoms with E-state index in [2.05, 4.69) is 17.2 Å². The molecule has 0 amide bonds.